The number of alkyl halides is 1. The summed E-state index contributed by atoms with van der Waals surface area (Å²) in [4.78, 5) is 0. The lowest BCUT2D eigenvalue weighted by Gasteiger charge is -2.07. The molecule has 78 valence electrons. The highest BCUT2D eigenvalue weighted by Gasteiger charge is 2.09. The van der Waals surface area contributed by atoms with E-state index in [1.807, 2.05) is 0 Å². The molecule has 5 heteroatoms. The first kappa shape index (κ1) is 10.6. The Kier molecular flexibility index (Phi) is 3.07. The number of nitrogens with zero attached hydrogens (tertiary/aromatic N) is 2. The van der Waals surface area contributed by atoms with Gasteiger partial charge in [0, 0.05) is 11.8 Å². The molecule has 2 nitrogen and oxygen atoms in total. The van der Waals surface area contributed by atoms with E-state index in [9.17, 15) is 4.39 Å². The average Bonchev–Trinajstić information content (AvgIpc) is 2.64. The quantitative estimate of drug-likeness (QED) is 0.774. The van der Waals surface area contributed by atoms with Crippen LogP contribution in [-0.4, -0.2) is 9.78 Å². The summed E-state index contributed by atoms with van der Waals surface area (Å²) >= 11 is 8.99. The summed E-state index contributed by atoms with van der Waals surface area (Å²) in [5.74, 6) is -0.187. The Morgan fingerprint density at radius 3 is 2.87 bits per heavy atom. The van der Waals surface area contributed by atoms with Gasteiger partial charge in [-0.05, 0) is 28.1 Å². The van der Waals surface area contributed by atoms with Gasteiger partial charge in [0.15, 0.2) is 0 Å². The van der Waals surface area contributed by atoms with E-state index >= 15 is 0 Å². The highest BCUT2D eigenvalue weighted by atomic mass is 79.9. The molecule has 15 heavy (non-hydrogen) atoms. The minimum Gasteiger partial charge on any atom is -0.239 e. The van der Waals surface area contributed by atoms with Crippen molar-refractivity contribution in [1.29, 1.82) is 0 Å². The van der Waals surface area contributed by atoms with Crippen LogP contribution in [0.15, 0.2) is 35.1 Å². The Morgan fingerprint density at radius 2 is 2.27 bits per heavy atom. The van der Waals surface area contributed by atoms with Crippen molar-refractivity contribution in [3.63, 3.8) is 0 Å². The van der Waals surface area contributed by atoms with Crippen molar-refractivity contribution in [1.82, 2.24) is 9.78 Å². The summed E-state index contributed by atoms with van der Waals surface area (Å²) in [6, 6.07) is 4.80. The number of hydrogen-bond donors (Lipinski definition) is 0. The molecule has 0 N–H and O–H groups in total. The van der Waals surface area contributed by atoms with E-state index in [1.54, 1.807) is 29.2 Å². The molecule has 0 aliphatic carbocycles. The Morgan fingerprint density at radius 1 is 1.47 bits per heavy atom. The smallest absolute Gasteiger partial charge is 0.129 e. The normalized spacial score (nSPS) is 10.6. The molecule has 0 saturated heterocycles. The van der Waals surface area contributed by atoms with Crippen molar-refractivity contribution in [2.45, 2.75) is 5.88 Å². The lowest BCUT2D eigenvalue weighted by molar-refractivity contribution is 0.613. The molecule has 0 spiro atoms. The Hall–Kier alpha value is -0.870. The van der Waals surface area contributed by atoms with Crippen LogP contribution in [0.3, 0.4) is 0 Å². The Balaban J connectivity index is 2.57. The number of aromatic nitrogens is 2. The van der Waals surface area contributed by atoms with E-state index in [-0.39, 0.29) is 11.7 Å². The summed E-state index contributed by atoms with van der Waals surface area (Å²) < 4.78 is 15.8. The lowest BCUT2D eigenvalue weighted by atomic mass is 10.2. The van der Waals surface area contributed by atoms with Gasteiger partial charge in [-0.2, -0.15) is 5.10 Å². The van der Waals surface area contributed by atoms with Gasteiger partial charge in [0.2, 0.25) is 0 Å². The highest BCUT2D eigenvalue weighted by molar-refractivity contribution is 9.10. The van der Waals surface area contributed by atoms with E-state index in [0.717, 1.165) is 4.47 Å². The molecular weight excluding hydrogens is 282 g/mol. The largest absolute Gasteiger partial charge is 0.239 e. The molecular formula is C10H7BrClFN2. The molecule has 0 saturated carbocycles. The van der Waals surface area contributed by atoms with Crippen molar-refractivity contribution >= 4 is 27.5 Å². The van der Waals surface area contributed by atoms with Crippen LogP contribution >= 0.6 is 27.5 Å². The van der Waals surface area contributed by atoms with E-state index in [1.165, 1.54) is 6.07 Å². The van der Waals surface area contributed by atoms with Crippen LogP contribution in [0.2, 0.25) is 0 Å². The van der Waals surface area contributed by atoms with Crippen LogP contribution in [0.4, 0.5) is 4.39 Å². The van der Waals surface area contributed by atoms with Crippen LogP contribution in [-0.2, 0) is 5.88 Å². The van der Waals surface area contributed by atoms with Crippen LogP contribution in [0.1, 0.15) is 5.56 Å². The molecule has 1 aromatic carbocycles. The summed E-state index contributed by atoms with van der Waals surface area (Å²) in [7, 11) is 0. The SMILES string of the molecule is Fc1cccc(-n2cc(Br)cn2)c1CCl. The fourth-order valence-electron chi connectivity index (χ4n) is 1.33. The van der Waals surface area contributed by atoms with E-state index in [0.29, 0.717) is 11.3 Å². The molecule has 0 fully saturated rings. The van der Waals surface area contributed by atoms with Gasteiger partial charge in [-0.3, -0.25) is 0 Å². The van der Waals surface area contributed by atoms with Crippen molar-refractivity contribution in [3.05, 3.63) is 46.4 Å². The fourth-order valence-corrected chi connectivity index (χ4v) is 1.88. The van der Waals surface area contributed by atoms with E-state index in [2.05, 4.69) is 21.0 Å². The number of rotatable bonds is 2. The van der Waals surface area contributed by atoms with Crippen molar-refractivity contribution in [2.75, 3.05) is 0 Å². The minimum atomic E-state index is -0.311. The van der Waals surface area contributed by atoms with Gasteiger partial charge in [-0.15, -0.1) is 11.6 Å². The van der Waals surface area contributed by atoms with Gasteiger partial charge in [-0.1, -0.05) is 6.07 Å². The molecule has 0 aliphatic rings. The molecule has 0 amide bonds. The van der Waals surface area contributed by atoms with Gasteiger partial charge in [0.1, 0.15) is 5.82 Å². The van der Waals surface area contributed by atoms with Gasteiger partial charge >= 0.3 is 0 Å². The fraction of sp³-hybridized carbons (Fsp3) is 0.100. The lowest BCUT2D eigenvalue weighted by Crippen LogP contribution is -2.00. The molecule has 0 atom stereocenters. The van der Waals surface area contributed by atoms with Crippen molar-refractivity contribution < 1.29 is 4.39 Å². The maximum absolute atomic E-state index is 13.4. The molecule has 2 aromatic rings. The number of hydrogen-bond acceptors (Lipinski definition) is 1. The second-order valence-electron chi connectivity index (χ2n) is 2.97. The summed E-state index contributed by atoms with van der Waals surface area (Å²) in [6.45, 7) is 0. The zero-order chi connectivity index (χ0) is 10.8. The summed E-state index contributed by atoms with van der Waals surface area (Å²) in [5.41, 5.74) is 1.12. The van der Waals surface area contributed by atoms with E-state index in [4.69, 9.17) is 11.6 Å². The van der Waals surface area contributed by atoms with Crippen LogP contribution in [0, 0.1) is 5.82 Å². The number of benzene rings is 1. The molecule has 1 heterocycles. The van der Waals surface area contributed by atoms with Crippen molar-refractivity contribution in [3.8, 4) is 5.69 Å². The predicted octanol–water partition coefficient (Wildman–Crippen LogP) is 3.51. The van der Waals surface area contributed by atoms with E-state index < -0.39 is 0 Å². The topological polar surface area (TPSA) is 17.8 Å². The highest BCUT2D eigenvalue weighted by Crippen LogP contribution is 2.20. The maximum atomic E-state index is 13.4. The minimum absolute atomic E-state index is 0.124. The summed E-state index contributed by atoms with van der Waals surface area (Å²) in [6.07, 6.45) is 3.40. The van der Waals surface area contributed by atoms with Crippen LogP contribution in [0.5, 0.6) is 0 Å². The van der Waals surface area contributed by atoms with Gasteiger partial charge in [0.05, 0.1) is 22.2 Å². The monoisotopic (exact) mass is 288 g/mol. The first-order chi connectivity index (χ1) is 7.22. The molecule has 0 unspecified atom stereocenters. The third kappa shape index (κ3) is 2.06. The summed E-state index contributed by atoms with van der Waals surface area (Å²) in [5, 5.41) is 4.08. The van der Waals surface area contributed by atoms with Gasteiger partial charge < -0.3 is 0 Å². The molecule has 2 rings (SSSR count). The third-order valence-electron chi connectivity index (χ3n) is 2.03. The number of halogens is 3. The standard InChI is InChI=1S/C10H7BrClFN2/c11-7-5-14-15(6-7)10-3-1-2-9(13)8(10)4-12/h1-3,5-6H,4H2. The third-order valence-corrected chi connectivity index (χ3v) is 2.70. The second kappa shape index (κ2) is 4.33. The molecule has 1 aromatic heterocycles. The van der Waals surface area contributed by atoms with Crippen LogP contribution in [0.25, 0.3) is 5.69 Å². The molecule has 0 bridgehead atoms. The second-order valence-corrected chi connectivity index (χ2v) is 4.16. The zero-order valence-electron chi connectivity index (χ0n) is 7.62. The maximum Gasteiger partial charge on any atom is 0.129 e. The van der Waals surface area contributed by atoms with Crippen molar-refractivity contribution in [2.24, 2.45) is 0 Å². The Bertz CT molecular complexity index is 484. The van der Waals surface area contributed by atoms with Gasteiger partial charge in [-0.25, -0.2) is 9.07 Å². The van der Waals surface area contributed by atoms with Gasteiger partial charge in [0.25, 0.3) is 0 Å². The molecule has 0 aliphatic heterocycles. The first-order valence-corrected chi connectivity index (χ1v) is 5.59. The predicted molar refractivity (Wildman–Crippen MR) is 60.8 cm³/mol. The Labute approximate surface area is 99.8 Å². The first-order valence-electron chi connectivity index (χ1n) is 4.26. The average molecular weight is 290 g/mol. The van der Waals surface area contributed by atoms with Crippen LogP contribution < -0.4 is 0 Å². The zero-order valence-corrected chi connectivity index (χ0v) is 9.96. The molecule has 0 radical (unpaired) electrons.